The number of nitrogens with zero attached hydrogens (tertiary/aromatic N) is 1. The number of carbonyl (C=O) groups is 2. The van der Waals surface area contributed by atoms with Gasteiger partial charge in [-0.15, -0.1) is 0 Å². The van der Waals surface area contributed by atoms with Gasteiger partial charge in [0.15, 0.2) is 0 Å². The molecular weight excluding hydrogens is 282 g/mol. The van der Waals surface area contributed by atoms with Gasteiger partial charge < -0.3 is 14.4 Å². The summed E-state index contributed by atoms with van der Waals surface area (Å²) in [7, 11) is 1.60. The summed E-state index contributed by atoms with van der Waals surface area (Å²) in [6, 6.07) is 7.28. The summed E-state index contributed by atoms with van der Waals surface area (Å²) in [5.74, 6) is 0.606. The smallest absolute Gasteiger partial charge is 0.311 e. The topological polar surface area (TPSA) is 55.8 Å². The molecular formula is C17H21NO4. The second kappa shape index (κ2) is 5.99. The summed E-state index contributed by atoms with van der Waals surface area (Å²) in [5, 5.41) is 0. The van der Waals surface area contributed by atoms with Crippen LogP contribution >= 0.6 is 0 Å². The van der Waals surface area contributed by atoms with E-state index in [1.54, 1.807) is 12.0 Å². The highest BCUT2D eigenvalue weighted by Gasteiger charge is 2.38. The molecule has 2 fully saturated rings. The number of hydrogen-bond donors (Lipinski definition) is 0. The van der Waals surface area contributed by atoms with Crippen LogP contribution in [0.25, 0.3) is 0 Å². The zero-order chi connectivity index (χ0) is 15.7. The van der Waals surface area contributed by atoms with Crippen molar-refractivity contribution >= 4 is 17.6 Å². The Morgan fingerprint density at radius 1 is 1.27 bits per heavy atom. The number of esters is 1. The van der Waals surface area contributed by atoms with Crippen LogP contribution in [0.5, 0.6) is 5.75 Å². The molecule has 1 saturated carbocycles. The van der Waals surface area contributed by atoms with Crippen molar-refractivity contribution in [1.82, 2.24) is 0 Å². The average molecular weight is 303 g/mol. The SMILES string of the molecule is COc1ccc(N2C[C@@H](C(=O)O[C@H](C)C3CC3)CC2=O)cc1. The Balaban J connectivity index is 1.62. The van der Waals surface area contributed by atoms with Gasteiger partial charge in [0, 0.05) is 18.7 Å². The fourth-order valence-corrected chi connectivity index (χ4v) is 2.82. The van der Waals surface area contributed by atoms with E-state index in [4.69, 9.17) is 9.47 Å². The predicted octanol–water partition coefficient (Wildman–Crippen LogP) is 2.39. The van der Waals surface area contributed by atoms with E-state index in [2.05, 4.69) is 0 Å². The van der Waals surface area contributed by atoms with Gasteiger partial charge in [0.05, 0.1) is 13.0 Å². The van der Waals surface area contributed by atoms with Crippen molar-refractivity contribution in [3.8, 4) is 5.75 Å². The molecule has 1 aromatic carbocycles. The van der Waals surface area contributed by atoms with Gasteiger partial charge in [0.2, 0.25) is 5.91 Å². The molecule has 1 amide bonds. The Kier molecular flexibility index (Phi) is 4.05. The number of hydrogen-bond acceptors (Lipinski definition) is 4. The van der Waals surface area contributed by atoms with Crippen molar-refractivity contribution < 1.29 is 19.1 Å². The standard InChI is InChI=1S/C17H21NO4/c1-11(12-3-4-12)22-17(20)13-9-16(19)18(10-13)14-5-7-15(21-2)8-6-14/h5-8,11-13H,3-4,9-10H2,1-2H3/t11-,13+/m1/s1. The lowest BCUT2D eigenvalue weighted by atomic mass is 10.1. The van der Waals surface area contributed by atoms with Crippen molar-refractivity contribution in [3.05, 3.63) is 24.3 Å². The van der Waals surface area contributed by atoms with Crippen molar-refractivity contribution in [2.75, 3.05) is 18.6 Å². The number of carbonyl (C=O) groups excluding carboxylic acids is 2. The van der Waals surface area contributed by atoms with E-state index in [9.17, 15) is 9.59 Å². The Bertz CT molecular complexity index is 565. The Hall–Kier alpha value is -2.04. The molecule has 118 valence electrons. The van der Waals surface area contributed by atoms with Gasteiger partial charge in [-0.3, -0.25) is 9.59 Å². The Labute approximate surface area is 130 Å². The van der Waals surface area contributed by atoms with E-state index in [-0.39, 0.29) is 30.3 Å². The fraction of sp³-hybridized carbons (Fsp3) is 0.529. The number of anilines is 1. The number of methoxy groups -OCH3 is 1. The quantitative estimate of drug-likeness (QED) is 0.784. The average Bonchev–Trinajstić information content (AvgIpc) is 3.30. The first-order valence-electron chi connectivity index (χ1n) is 7.73. The van der Waals surface area contributed by atoms with Crippen LogP contribution in [-0.2, 0) is 14.3 Å². The normalized spacial score (nSPS) is 22.5. The molecule has 0 radical (unpaired) electrons. The van der Waals surface area contributed by atoms with E-state index >= 15 is 0 Å². The van der Waals surface area contributed by atoms with Crippen LogP contribution in [0.2, 0.25) is 0 Å². The molecule has 0 bridgehead atoms. The van der Waals surface area contributed by atoms with Crippen LogP contribution in [0.1, 0.15) is 26.2 Å². The molecule has 1 heterocycles. The fourth-order valence-electron chi connectivity index (χ4n) is 2.82. The second-order valence-electron chi connectivity index (χ2n) is 6.08. The highest BCUT2D eigenvalue weighted by atomic mass is 16.5. The largest absolute Gasteiger partial charge is 0.497 e. The van der Waals surface area contributed by atoms with Crippen LogP contribution in [0, 0.1) is 11.8 Å². The lowest BCUT2D eigenvalue weighted by molar-refractivity contribution is -0.153. The molecule has 1 aliphatic carbocycles. The first kappa shape index (κ1) is 14.9. The second-order valence-corrected chi connectivity index (χ2v) is 6.08. The Morgan fingerprint density at radius 2 is 1.95 bits per heavy atom. The van der Waals surface area contributed by atoms with Gasteiger partial charge in [-0.25, -0.2) is 0 Å². The van der Waals surface area contributed by atoms with Crippen molar-refractivity contribution in [3.63, 3.8) is 0 Å². The van der Waals surface area contributed by atoms with Crippen LogP contribution < -0.4 is 9.64 Å². The van der Waals surface area contributed by atoms with Crippen LogP contribution in [0.3, 0.4) is 0 Å². The van der Waals surface area contributed by atoms with Crippen molar-refractivity contribution in [2.45, 2.75) is 32.3 Å². The number of rotatable bonds is 5. The van der Waals surface area contributed by atoms with Gasteiger partial charge in [-0.1, -0.05) is 0 Å². The molecule has 1 aliphatic heterocycles. The third-order valence-electron chi connectivity index (χ3n) is 4.43. The molecule has 2 aliphatic rings. The van der Waals surface area contributed by atoms with Crippen LogP contribution in [0.4, 0.5) is 5.69 Å². The van der Waals surface area contributed by atoms with Gasteiger partial charge >= 0.3 is 5.97 Å². The van der Waals surface area contributed by atoms with Gasteiger partial charge in [0.25, 0.3) is 0 Å². The minimum absolute atomic E-state index is 0.0300. The molecule has 1 aromatic rings. The first-order chi connectivity index (χ1) is 10.6. The number of ether oxygens (including phenoxy) is 2. The summed E-state index contributed by atoms with van der Waals surface area (Å²) in [4.78, 5) is 26.0. The summed E-state index contributed by atoms with van der Waals surface area (Å²) in [6.07, 6.45) is 2.46. The van der Waals surface area contributed by atoms with E-state index in [1.165, 1.54) is 0 Å². The highest BCUT2D eigenvalue weighted by Crippen LogP contribution is 2.35. The lowest BCUT2D eigenvalue weighted by Crippen LogP contribution is -2.28. The number of benzene rings is 1. The Morgan fingerprint density at radius 3 is 2.55 bits per heavy atom. The molecule has 5 nitrogen and oxygen atoms in total. The lowest BCUT2D eigenvalue weighted by Gasteiger charge is -2.18. The molecule has 0 aromatic heterocycles. The molecule has 3 rings (SSSR count). The summed E-state index contributed by atoms with van der Waals surface area (Å²) in [5.41, 5.74) is 0.788. The summed E-state index contributed by atoms with van der Waals surface area (Å²) in [6.45, 7) is 2.33. The highest BCUT2D eigenvalue weighted by molar-refractivity contribution is 5.99. The zero-order valence-corrected chi connectivity index (χ0v) is 13.0. The molecule has 0 spiro atoms. The van der Waals surface area contributed by atoms with Crippen LogP contribution in [-0.4, -0.2) is 31.6 Å². The van der Waals surface area contributed by atoms with E-state index in [0.29, 0.717) is 12.5 Å². The maximum Gasteiger partial charge on any atom is 0.311 e. The zero-order valence-electron chi connectivity index (χ0n) is 13.0. The van der Waals surface area contributed by atoms with Crippen LogP contribution in [0.15, 0.2) is 24.3 Å². The molecule has 5 heteroatoms. The minimum atomic E-state index is -0.365. The molecule has 2 atom stereocenters. The van der Waals surface area contributed by atoms with E-state index in [1.807, 2.05) is 31.2 Å². The third-order valence-corrected chi connectivity index (χ3v) is 4.43. The number of amides is 1. The third kappa shape index (κ3) is 3.08. The molecule has 1 saturated heterocycles. The van der Waals surface area contributed by atoms with Gasteiger partial charge in [-0.2, -0.15) is 0 Å². The van der Waals surface area contributed by atoms with E-state index in [0.717, 1.165) is 24.3 Å². The van der Waals surface area contributed by atoms with Gasteiger partial charge in [-0.05, 0) is 49.9 Å². The minimum Gasteiger partial charge on any atom is -0.497 e. The monoisotopic (exact) mass is 303 g/mol. The molecule has 22 heavy (non-hydrogen) atoms. The first-order valence-corrected chi connectivity index (χ1v) is 7.73. The molecule has 0 unspecified atom stereocenters. The predicted molar refractivity (Wildman–Crippen MR) is 81.7 cm³/mol. The van der Waals surface area contributed by atoms with E-state index < -0.39 is 0 Å². The summed E-state index contributed by atoms with van der Waals surface area (Å²) >= 11 is 0. The summed E-state index contributed by atoms with van der Waals surface area (Å²) < 4.78 is 10.6. The maximum atomic E-state index is 12.2. The molecule has 0 N–H and O–H groups in total. The van der Waals surface area contributed by atoms with Crippen molar-refractivity contribution in [2.24, 2.45) is 11.8 Å². The van der Waals surface area contributed by atoms with Crippen molar-refractivity contribution in [1.29, 1.82) is 0 Å². The maximum absolute atomic E-state index is 12.2. The van der Waals surface area contributed by atoms with Gasteiger partial charge in [0.1, 0.15) is 11.9 Å².